The van der Waals surface area contributed by atoms with E-state index >= 15 is 0 Å². The SMILES string of the molecule is O=[N+]([O-])C(c1cc(C([N+](=O)[O-])([N+](=O)[O-])[N+](=O)[O-])cc(C([N+](=O)[O-])([N+](=O)[O-])[N+](=O)[O-])c1)([N+](=O)[O-])[N+](=O)[O-]. The zero-order valence-corrected chi connectivity index (χ0v) is 16.1. The van der Waals surface area contributed by atoms with Gasteiger partial charge in [-0.05, 0) is 18.2 Å². The maximum atomic E-state index is 11.3. The fourth-order valence-corrected chi connectivity index (χ4v) is 2.76. The minimum absolute atomic E-state index is 0.628. The van der Waals surface area contributed by atoms with Gasteiger partial charge in [-0.25, -0.2) is 0 Å². The van der Waals surface area contributed by atoms with E-state index in [4.69, 9.17) is 0 Å². The van der Waals surface area contributed by atoms with Crippen molar-refractivity contribution in [1.29, 1.82) is 0 Å². The van der Waals surface area contributed by atoms with E-state index in [1.165, 1.54) is 0 Å². The lowest BCUT2D eigenvalue weighted by atomic mass is 9.94. The number of nitro groups is 9. The molecular formula is C9H3N9O18. The highest BCUT2D eigenvalue weighted by Gasteiger charge is 2.79. The summed E-state index contributed by atoms with van der Waals surface area (Å²) in [6.07, 6.45) is 0. The van der Waals surface area contributed by atoms with Crippen molar-refractivity contribution < 1.29 is 44.3 Å². The van der Waals surface area contributed by atoms with Gasteiger partial charge >= 0.3 is 17.4 Å². The highest BCUT2D eigenvalue weighted by Crippen LogP contribution is 2.38. The molecule has 0 aromatic heterocycles. The summed E-state index contributed by atoms with van der Waals surface area (Å²) in [4.78, 5) is 80.6. The number of nitrogens with zero attached hydrogens (tertiary/aromatic N) is 9. The Kier molecular flexibility index (Phi) is 6.68. The molecule has 0 saturated carbocycles. The number of rotatable bonds is 12. The minimum Gasteiger partial charge on any atom is -0.252 e. The van der Waals surface area contributed by atoms with Gasteiger partial charge in [-0.3, -0.25) is 91.0 Å². The Morgan fingerprint density at radius 2 is 0.444 bits per heavy atom. The Balaban J connectivity index is 4.73. The predicted molar refractivity (Wildman–Crippen MR) is 94.4 cm³/mol. The lowest BCUT2D eigenvalue weighted by Crippen LogP contribution is -2.54. The molecule has 0 aliphatic carbocycles. The third-order valence-electron chi connectivity index (χ3n) is 4.39. The molecular weight excluding hydrogens is 522 g/mol. The second-order valence-corrected chi connectivity index (χ2v) is 6.02. The van der Waals surface area contributed by atoms with Crippen LogP contribution in [0.25, 0.3) is 0 Å². The standard InChI is InChI=1S/C9H3N9O18/c19-10(20)7(11(21)22,12(23)24)4-1-5(8(13(25)26,14(27)28)15(29)30)3-6(2-4)9(16(31)32,17(33)34)18(35)36/h1-3H. The van der Waals surface area contributed by atoms with Crippen molar-refractivity contribution in [2.45, 2.75) is 17.4 Å². The normalized spacial score (nSPS) is 11.7. The van der Waals surface area contributed by atoms with E-state index in [-0.39, 0.29) is 0 Å². The van der Waals surface area contributed by atoms with Crippen LogP contribution < -0.4 is 0 Å². The highest BCUT2D eigenvalue weighted by molar-refractivity contribution is 5.35. The molecule has 0 fully saturated rings. The fourth-order valence-electron chi connectivity index (χ4n) is 2.76. The van der Waals surface area contributed by atoms with E-state index in [2.05, 4.69) is 0 Å². The summed E-state index contributed by atoms with van der Waals surface area (Å²) in [5.41, 5.74) is -7.00. The van der Waals surface area contributed by atoms with Crippen LogP contribution in [0.5, 0.6) is 0 Å². The second-order valence-electron chi connectivity index (χ2n) is 6.02. The first-order valence-corrected chi connectivity index (χ1v) is 7.78. The van der Waals surface area contributed by atoms with Crippen LogP contribution in [0.3, 0.4) is 0 Å². The lowest BCUT2D eigenvalue weighted by molar-refractivity contribution is -0.989. The summed E-state index contributed by atoms with van der Waals surface area (Å²) < 4.78 is 0. The molecule has 0 aliphatic rings. The van der Waals surface area contributed by atoms with Crippen LogP contribution in [0.15, 0.2) is 18.2 Å². The first-order chi connectivity index (χ1) is 16.3. The molecule has 1 aromatic rings. The minimum atomic E-state index is -5.03. The summed E-state index contributed by atoms with van der Waals surface area (Å²) in [7, 11) is 0. The lowest BCUT2D eigenvalue weighted by Gasteiger charge is -2.14. The van der Waals surface area contributed by atoms with Crippen molar-refractivity contribution in [1.82, 2.24) is 0 Å². The average Bonchev–Trinajstić information content (AvgIpc) is 2.66. The van der Waals surface area contributed by atoms with Crippen LogP contribution in [0, 0.1) is 91.0 Å². The van der Waals surface area contributed by atoms with Crippen LogP contribution in [-0.4, -0.2) is 44.3 Å². The van der Waals surface area contributed by atoms with Gasteiger partial charge in [-0.15, -0.1) is 0 Å². The molecule has 192 valence electrons. The topological polar surface area (TPSA) is 388 Å². The van der Waals surface area contributed by atoms with E-state index < -0.39 is 96.6 Å². The maximum absolute atomic E-state index is 11.3. The third kappa shape index (κ3) is 3.30. The molecule has 0 N–H and O–H groups in total. The van der Waals surface area contributed by atoms with E-state index in [9.17, 15) is 91.0 Å². The highest BCUT2D eigenvalue weighted by atomic mass is 16.8. The van der Waals surface area contributed by atoms with Crippen molar-refractivity contribution >= 4 is 0 Å². The van der Waals surface area contributed by atoms with Crippen LogP contribution in [0.2, 0.25) is 0 Å². The van der Waals surface area contributed by atoms with Crippen molar-refractivity contribution in [3.05, 3.63) is 126 Å². The van der Waals surface area contributed by atoms with Gasteiger partial charge in [0.25, 0.3) is 0 Å². The predicted octanol–water partition coefficient (Wildman–Crippen LogP) is -1.49. The van der Waals surface area contributed by atoms with Gasteiger partial charge in [-0.1, -0.05) is 0 Å². The largest absolute Gasteiger partial charge is 0.728 e. The van der Waals surface area contributed by atoms with Crippen LogP contribution in [0.4, 0.5) is 0 Å². The van der Waals surface area contributed by atoms with Gasteiger partial charge in [-0.2, -0.15) is 0 Å². The van der Waals surface area contributed by atoms with Crippen molar-refractivity contribution in [3.63, 3.8) is 0 Å². The summed E-state index contributed by atoms with van der Waals surface area (Å²) >= 11 is 0. The molecule has 0 atom stereocenters. The second kappa shape index (κ2) is 8.64. The summed E-state index contributed by atoms with van der Waals surface area (Å²) in [5, 5.41) is 102. The van der Waals surface area contributed by atoms with E-state index in [1.807, 2.05) is 0 Å². The van der Waals surface area contributed by atoms with E-state index in [1.54, 1.807) is 0 Å². The summed E-state index contributed by atoms with van der Waals surface area (Å²) in [6.45, 7) is 0. The first-order valence-electron chi connectivity index (χ1n) is 7.78. The first kappa shape index (κ1) is 27.9. The van der Waals surface area contributed by atoms with Crippen LogP contribution in [-0.2, 0) is 17.4 Å². The molecule has 1 aromatic carbocycles. The van der Waals surface area contributed by atoms with Crippen LogP contribution in [0.1, 0.15) is 16.7 Å². The van der Waals surface area contributed by atoms with Crippen molar-refractivity contribution in [2.24, 2.45) is 0 Å². The average molecular weight is 525 g/mol. The van der Waals surface area contributed by atoms with Gasteiger partial charge in [0.15, 0.2) is 61.0 Å². The van der Waals surface area contributed by atoms with E-state index in [0.717, 1.165) is 0 Å². The monoisotopic (exact) mass is 525 g/mol. The molecule has 36 heavy (non-hydrogen) atoms. The molecule has 0 amide bonds. The zero-order valence-electron chi connectivity index (χ0n) is 16.1. The Morgan fingerprint density at radius 1 is 0.333 bits per heavy atom. The third-order valence-corrected chi connectivity index (χ3v) is 4.39. The Hall–Kier alpha value is -6.18. The van der Waals surface area contributed by atoms with Gasteiger partial charge in [0.1, 0.15) is 0 Å². The number of hydrogen-bond acceptors (Lipinski definition) is 18. The molecule has 0 aliphatic heterocycles. The summed E-state index contributed by atoms with van der Waals surface area (Å²) in [6, 6.07) is -1.88. The molecule has 0 unspecified atom stereocenters. The maximum Gasteiger partial charge on any atom is 0.728 e. The molecule has 1 rings (SSSR count). The molecule has 27 nitrogen and oxygen atoms in total. The molecule has 0 saturated heterocycles. The summed E-state index contributed by atoms with van der Waals surface area (Å²) in [5.74, 6) is -15.1. The fraction of sp³-hybridized carbons (Fsp3) is 0.333. The molecule has 0 bridgehead atoms. The molecule has 27 heteroatoms. The number of hydrogen-bond donors (Lipinski definition) is 0. The molecule has 0 spiro atoms. The molecule has 0 radical (unpaired) electrons. The van der Waals surface area contributed by atoms with E-state index in [0.29, 0.717) is 0 Å². The zero-order chi connectivity index (χ0) is 28.5. The van der Waals surface area contributed by atoms with Crippen molar-refractivity contribution in [2.75, 3.05) is 0 Å². The van der Waals surface area contributed by atoms with Gasteiger partial charge < -0.3 is 0 Å². The Morgan fingerprint density at radius 3 is 0.528 bits per heavy atom. The van der Waals surface area contributed by atoms with Gasteiger partial charge in [0, 0.05) is 0 Å². The van der Waals surface area contributed by atoms with Crippen molar-refractivity contribution in [3.8, 4) is 0 Å². The van der Waals surface area contributed by atoms with Crippen LogP contribution >= 0.6 is 0 Å². The smallest absolute Gasteiger partial charge is 0.252 e. The van der Waals surface area contributed by atoms with Gasteiger partial charge in [0.2, 0.25) is 0 Å². The van der Waals surface area contributed by atoms with Gasteiger partial charge in [0.05, 0.1) is 0 Å². The molecule has 0 heterocycles. The quantitative estimate of drug-likeness (QED) is 0.170. The Bertz CT molecular complexity index is 998. The Labute approximate surface area is 188 Å². The number of benzene rings is 1.